The second-order valence-electron chi connectivity index (χ2n) is 11.3. The Hall–Kier alpha value is -7.30. The maximum Gasteiger partial charge on any atom is 0.339 e. The van der Waals surface area contributed by atoms with Crippen LogP contribution < -0.4 is 10.6 Å². The number of aromatic carboxylic acids is 1. The van der Waals surface area contributed by atoms with Crippen LogP contribution in [-0.2, 0) is 10.1 Å². The van der Waals surface area contributed by atoms with E-state index in [1.54, 1.807) is 30.3 Å². The quantitative estimate of drug-likeness (QED) is 0.0583. The van der Waals surface area contributed by atoms with Gasteiger partial charge in [-0.05, 0) is 109 Å². The van der Waals surface area contributed by atoms with E-state index in [2.05, 4.69) is 31.1 Å². The molecule has 0 saturated heterocycles. The number of aromatic hydroxyl groups is 2. The summed E-state index contributed by atoms with van der Waals surface area (Å²) in [7, 11) is -4.89. The predicted octanol–water partition coefficient (Wildman–Crippen LogP) is 8.53. The van der Waals surface area contributed by atoms with Gasteiger partial charge in [0.1, 0.15) is 21.9 Å². The lowest BCUT2D eigenvalue weighted by molar-refractivity contribution is 0.0693. The van der Waals surface area contributed by atoms with Crippen LogP contribution in [0.3, 0.4) is 0 Å². The minimum atomic E-state index is -4.89. The Morgan fingerprint density at radius 1 is 0.585 bits per heavy atom. The molecular weight excluding hydrogens is 705 g/mol. The Kier molecular flexibility index (Phi) is 9.98. The van der Waals surface area contributed by atoms with Crippen LogP contribution in [-0.4, -0.2) is 46.1 Å². The molecule has 0 aliphatic carbocycles. The van der Waals surface area contributed by atoms with Crippen LogP contribution in [0, 0.1) is 0 Å². The summed E-state index contributed by atoms with van der Waals surface area (Å²) >= 11 is 0. The molecule has 0 heterocycles. The third kappa shape index (κ3) is 8.37. The van der Waals surface area contributed by atoms with Crippen molar-refractivity contribution in [3.05, 3.63) is 138 Å². The Balaban J connectivity index is 1.14. The van der Waals surface area contributed by atoms with E-state index in [-0.39, 0.29) is 27.7 Å². The number of carboxylic acid groups (broad SMARTS) is 1. The third-order valence-electron chi connectivity index (χ3n) is 7.63. The highest BCUT2D eigenvalue weighted by Gasteiger charge is 2.22. The predicted molar refractivity (Wildman–Crippen MR) is 194 cm³/mol. The van der Waals surface area contributed by atoms with E-state index in [0.29, 0.717) is 28.2 Å². The van der Waals surface area contributed by atoms with E-state index >= 15 is 0 Å². The largest absolute Gasteiger partial charge is 0.507 e. The number of nitrogens with zero attached hydrogens (tertiary/aromatic N) is 4. The van der Waals surface area contributed by atoms with Gasteiger partial charge in [0.2, 0.25) is 0 Å². The average molecular weight is 731 g/mol. The summed E-state index contributed by atoms with van der Waals surface area (Å²) in [6, 6.07) is 29.8. The maximum absolute atomic E-state index is 12.8. The molecule has 0 unspecified atom stereocenters. The smallest absolute Gasteiger partial charge is 0.339 e. The number of azo groups is 2. The number of hydrogen-bond acceptors (Lipinski definition) is 11. The number of fused-ring (bicyclic) bond motifs is 1. The van der Waals surface area contributed by atoms with Gasteiger partial charge in [-0.3, -0.25) is 14.1 Å². The highest BCUT2D eigenvalue weighted by molar-refractivity contribution is 7.86. The summed E-state index contributed by atoms with van der Waals surface area (Å²) < 4.78 is 34.6. The molecule has 2 amide bonds. The highest BCUT2D eigenvalue weighted by Crippen LogP contribution is 2.42. The zero-order valence-electron chi connectivity index (χ0n) is 27.1. The first-order chi connectivity index (χ1) is 25.4. The van der Waals surface area contributed by atoms with Crippen molar-refractivity contribution in [2.45, 2.75) is 4.90 Å². The molecule has 15 nitrogen and oxygen atoms in total. The zero-order chi connectivity index (χ0) is 37.7. The van der Waals surface area contributed by atoms with Crippen molar-refractivity contribution >= 4 is 72.8 Å². The van der Waals surface area contributed by atoms with Crippen molar-refractivity contribution in [1.82, 2.24) is 0 Å². The second-order valence-corrected chi connectivity index (χ2v) is 12.6. The van der Waals surface area contributed by atoms with Crippen molar-refractivity contribution in [1.29, 1.82) is 0 Å². The zero-order valence-corrected chi connectivity index (χ0v) is 27.9. The van der Waals surface area contributed by atoms with E-state index < -0.39 is 50.0 Å². The number of nitrogens with one attached hydrogen (secondary N) is 2. The van der Waals surface area contributed by atoms with Crippen molar-refractivity contribution in [2.24, 2.45) is 20.5 Å². The van der Waals surface area contributed by atoms with Gasteiger partial charge in [0.25, 0.3) is 21.9 Å². The molecule has 0 spiro atoms. The molecule has 0 radical (unpaired) electrons. The van der Waals surface area contributed by atoms with Crippen LogP contribution in [0.15, 0.2) is 147 Å². The molecule has 53 heavy (non-hydrogen) atoms. The molecule has 6 aromatic rings. The summed E-state index contributed by atoms with van der Waals surface area (Å²) in [5.74, 6) is -3.13. The summed E-state index contributed by atoms with van der Waals surface area (Å²) in [5.41, 5.74) is 1.40. The van der Waals surface area contributed by atoms with E-state index in [0.717, 1.165) is 6.07 Å². The molecule has 0 aliphatic rings. The molecule has 0 bridgehead atoms. The van der Waals surface area contributed by atoms with Crippen LogP contribution in [0.5, 0.6) is 11.5 Å². The van der Waals surface area contributed by atoms with E-state index in [4.69, 9.17) is 5.11 Å². The molecule has 0 aliphatic heterocycles. The van der Waals surface area contributed by atoms with Crippen molar-refractivity contribution in [2.75, 3.05) is 10.6 Å². The van der Waals surface area contributed by atoms with Crippen LogP contribution in [0.1, 0.15) is 31.1 Å². The molecule has 0 fully saturated rings. The van der Waals surface area contributed by atoms with E-state index in [1.165, 1.54) is 84.9 Å². The number of amides is 2. The summed E-state index contributed by atoms with van der Waals surface area (Å²) in [5, 5.41) is 51.5. The standard InChI is InChI=1S/C37H26N6O9S/c44-31-17-15-28(20-30(31)37(48)49)42-40-25-8-6-22(7-9-25)36(47)38-24-10-12-26(13-11-24)41-43-33-32(53(50,51)52)19-23-18-27(14-16-29(23)34(33)45)39-35(46)21-4-2-1-3-5-21/h1-20,44-45H,(H,38,47)(H,39,46)(H,48,49)(H,50,51,52). The first kappa shape index (κ1) is 35.5. The normalized spacial score (nSPS) is 11.6. The fourth-order valence-corrected chi connectivity index (χ4v) is 5.65. The number of carbonyl (C=O) groups is 3. The van der Waals surface area contributed by atoms with Gasteiger partial charge in [-0.25, -0.2) is 4.79 Å². The highest BCUT2D eigenvalue weighted by atomic mass is 32.2. The monoisotopic (exact) mass is 730 g/mol. The van der Waals surface area contributed by atoms with Gasteiger partial charge in [-0.1, -0.05) is 18.2 Å². The van der Waals surface area contributed by atoms with Gasteiger partial charge in [0, 0.05) is 27.9 Å². The second kappa shape index (κ2) is 14.9. The minimum absolute atomic E-state index is 0.185. The maximum atomic E-state index is 12.8. The lowest BCUT2D eigenvalue weighted by Crippen LogP contribution is -2.11. The van der Waals surface area contributed by atoms with Gasteiger partial charge in [0.05, 0.1) is 17.1 Å². The Morgan fingerprint density at radius 3 is 1.77 bits per heavy atom. The third-order valence-corrected chi connectivity index (χ3v) is 8.50. The van der Waals surface area contributed by atoms with Crippen LogP contribution in [0.25, 0.3) is 10.8 Å². The van der Waals surface area contributed by atoms with Gasteiger partial charge >= 0.3 is 5.97 Å². The Labute approximate surface area is 300 Å². The molecular formula is C37H26N6O9S. The molecule has 264 valence electrons. The molecule has 6 aromatic carbocycles. The van der Waals surface area contributed by atoms with Crippen molar-refractivity contribution in [3.63, 3.8) is 0 Å². The Bertz CT molecular complexity index is 2560. The number of anilines is 2. The van der Waals surface area contributed by atoms with E-state index in [9.17, 15) is 37.6 Å². The van der Waals surface area contributed by atoms with Crippen molar-refractivity contribution < 1.29 is 42.7 Å². The molecule has 16 heteroatoms. The molecule has 6 rings (SSSR count). The fraction of sp³-hybridized carbons (Fsp3) is 0. The van der Waals surface area contributed by atoms with Crippen LogP contribution >= 0.6 is 0 Å². The van der Waals surface area contributed by atoms with Gasteiger partial charge in [-0.2, -0.15) is 23.8 Å². The summed E-state index contributed by atoms with van der Waals surface area (Å²) in [6.45, 7) is 0. The molecule has 0 saturated carbocycles. The van der Waals surface area contributed by atoms with Crippen LogP contribution in [0.2, 0.25) is 0 Å². The molecule has 0 atom stereocenters. The van der Waals surface area contributed by atoms with Crippen LogP contribution in [0.4, 0.5) is 34.1 Å². The number of rotatable bonds is 10. The van der Waals surface area contributed by atoms with Gasteiger partial charge in [-0.15, -0.1) is 5.11 Å². The number of benzene rings is 6. The topological polar surface area (TPSA) is 240 Å². The Morgan fingerprint density at radius 2 is 1.13 bits per heavy atom. The first-order valence-electron chi connectivity index (χ1n) is 15.4. The van der Waals surface area contributed by atoms with Gasteiger partial charge in [0.15, 0.2) is 5.75 Å². The SMILES string of the molecule is O=C(Nc1ccc(N=Nc2c(S(=O)(=O)O)cc3cc(NC(=O)c4ccccc4)ccc3c2O)cc1)c1ccc(N=Nc2ccc(O)c(C(=O)O)c2)cc1. The van der Waals surface area contributed by atoms with E-state index in [1.807, 2.05) is 0 Å². The molecule has 0 aromatic heterocycles. The number of carboxylic acids is 1. The lowest BCUT2D eigenvalue weighted by Gasteiger charge is -2.11. The fourth-order valence-electron chi connectivity index (χ4n) is 4.99. The lowest BCUT2D eigenvalue weighted by atomic mass is 10.1. The minimum Gasteiger partial charge on any atom is -0.507 e. The summed E-state index contributed by atoms with van der Waals surface area (Å²) in [6.07, 6.45) is 0. The molecule has 6 N–H and O–H groups in total. The number of hydrogen-bond donors (Lipinski definition) is 6. The number of phenols is 2. The first-order valence-corrected chi connectivity index (χ1v) is 16.8. The average Bonchev–Trinajstić information content (AvgIpc) is 3.14. The number of phenolic OH excluding ortho intramolecular Hbond substituents is 1. The van der Waals surface area contributed by atoms with Crippen molar-refractivity contribution in [3.8, 4) is 11.5 Å². The summed E-state index contributed by atoms with van der Waals surface area (Å²) in [4.78, 5) is 35.9. The van der Waals surface area contributed by atoms with Gasteiger partial charge < -0.3 is 26.0 Å². The number of carbonyl (C=O) groups excluding carboxylic acids is 2.